The van der Waals surface area contributed by atoms with E-state index in [9.17, 15) is 0 Å². The molecule has 0 saturated heterocycles. The maximum absolute atomic E-state index is 5.67. The van der Waals surface area contributed by atoms with E-state index in [4.69, 9.17) is 14.9 Å². The minimum atomic E-state index is 0.494. The number of nitrogens with two attached hydrogens (primary N) is 1. The second-order valence-corrected chi connectivity index (χ2v) is 4.65. The van der Waals surface area contributed by atoms with Gasteiger partial charge in [-0.1, -0.05) is 12.1 Å². The molecular formula is C15H20N2O2. The number of rotatable bonds is 6. The summed E-state index contributed by atoms with van der Waals surface area (Å²) in [4.78, 5) is 2.22. The topological polar surface area (TPSA) is 51.6 Å². The summed E-state index contributed by atoms with van der Waals surface area (Å²) in [6.07, 6.45) is 3.47. The molecule has 0 aliphatic heterocycles. The van der Waals surface area contributed by atoms with Gasteiger partial charge in [0.25, 0.3) is 0 Å². The second kappa shape index (κ2) is 6.41. The fourth-order valence-corrected chi connectivity index (χ4v) is 2.12. The molecule has 2 rings (SSSR count). The van der Waals surface area contributed by atoms with Gasteiger partial charge in [0.2, 0.25) is 0 Å². The van der Waals surface area contributed by atoms with Gasteiger partial charge in [0, 0.05) is 30.8 Å². The summed E-state index contributed by atoms with van der Waals surface area (Å²) >= 11 is 0. The molecule has 0 radical (unpaired) electrons. The van der Waals surface area contributed by atoms with Crippen molar-refractivity contribution in [3.63, 3.8) is 0 Å². The summed E-state index contributed by atoms with van der Waals surface area (Å²) < 4.78 is 10.4. The van der Waals surface area contributed by atoms with Crippen molar-refractivity contribution < 1.29 is 9.15 Å². The van der Waals surface area contributed by atoms with Gasteiger partial charge in [0.05, 0.1) is 19.6 Å². The fraction of sp³-hybridized carbons (Fsp3) is 0.333. The lowest BCUT2D eigenvalue weighted by atomic mass is 10.1. The lowest BCUT2D eigenvalue weighted by Gasteiger charge is -2.17. The van der Waals surface area contributed by atoms with E-state index in [0.29, 0.717) is 6.54 Å². The third kappa shape index (κ3) is 3.59. The molecule has 0 bridgehead atoms. The number of hydrogen-bond donors (Lipinski definition) is 1. The van der Waals surface area contributed by atoms with Gasteiger partial charge in [-0.25, -0.2) is 0 Å². The molecule has 0 atom stereocenters. The van der Waals surface area contributed by atoms with Crippen molar-refractivity contribution in [2.75, 3.05) is 14.2 Å². The van der Waals surface area contributed by atoms with E-state index in [2.05, 4.69) is 18.0 Å². The van der Waals surface area contributed by atoms with Crippen LogP contribution >= 0.6 is 0 Å². The summed E-state index contributed by atoms with van der Waals surface area (Å²) in [6, 6.07) is 8.15. The van der Waals surface area contributed by atoms with Crippen LogP contribution in [0, 0.1) is 0 Å². The van der Waals surface area contributed by atoms with Gasteiger partial charge in [-0.05, 0) is 24.7 Å². The van der Waals surface area contributed by atoms with Gasteiger partial charge in [-0.15, -0.1) is 0 Å². The first-order valence-corrected chi connectivity index (χ1v) is 6.28. The van der Waals surface area contributed by atoms with Crippen LogP contribution in [-0.4, -0.2) is 19.1 Å². The monoisotopic (exact) mass is 260 g/mol. The van der Waals surface area contributed by atoms with Crippen molar-refractivity contribution in [1.29, 1.82) is 0 Å². The third-order valence-corrected chi connectivity index (χ3v) is 3.06. The van der Waals surface area contributed by atoms with Crippen molar-refractivity contribution in [3.8, 4) is 5.75 Å². The number of benzene rings is 1. The van der Waals surface area contributed by atoms with E-state index in [-0.39, 0.29) is 0 Å². The summed E-state index contributed by atoms with van der Waals surface area (Å²) in [5.41, 5.74) is 9.08. The van der Waals surface area contributed by atoms with Gasteiger partial charge >= 0.3 is 0 Å². The maximum Gasteiger partial charge on any atom is 0.123 e. The second-order valence-electron chi connectivity index (χ2n) is 4.65. The Morgan fingerprint density at radius 3 is 2.63 bits per heavy atom. The molecule has 1 heterocycles. The molecule has 0 fully saturated rings. The van der Waals surface area contributed by atoms with E-state index < -0.39 is 0 Å². The Bertz CT molecular complexity index is 509. The molecule has 102 valence electrons. The van der Waals surface area contributed by atoms with Gasteiger partial charge in [-0.2, -0.15) is 0 Å². The molecule has 0 amide bonds. The summed E-state index contributed by atoms with van der Waals surface area (Å²) in [7, 11) is 3.75. The Hall–Kier alpha value is -1.78. The van der Waals surface area contributed by atoms with Crippen molar-refractivity contribution in [2.24, 2.45) is 5.73 Å². The van der Waals surface area contributed by atoms with Crippen LogP contribution in [0.3, 0.4) is 0 Å². The lowest BCUT2D eigenvalue weighted by molar-refractivity contribution is 0.317. The Kier molecular flexibility index (Phi) is 4.60. The standard InChI is InChI=1S/C15H20N2O2/c1-17(10-13-5-6-19-11-13)9-12-3-4-14(8-16)15(7-12)18-2/h3-7,11H,8-10,16H2,1-2H3. The van der Waals surface area contributed by atoms with Crippen LogP contribution in [0.1, 0.15) is 16.7 Å². The van der Waals surface area contributed by atoms with Gasteiger partial charge < -0.3 is 14.9 Å². The first-order valence-electron chi connectivity index (χ1n) is 6.28. The highest BCUT2D eigenvalue weighted by Gasteiger charge is 2.06. The van der Waals surface area contributed by atoms with Crippen LogP contribution in [0.4, 0.5) is 0 Å². The van der Waals surface area contributed by atoms with Crippen LogP contribution in [0.25, 0.3) is 0 Å². The Morgan fingerprint density at radius 1 is 1.21 bits per heavy atom. The van der Waals surface area contributed by atoms with Crippen molar-refractivity contribution in [1.82, 2.24) is 4.90 Å². The van der Waals surface area contributed by atoms with E-state index in [1.807, 2.05) is 18.2 Å². The van der Waals surface area contributed by atoms with E-state index in [0.717, 1.165) is 24.4 Å². The zero-order valence-electron chi connectivity index (χ0n) is 11.4. The molecule has 0 saturated carbocycles. The predicted octanol–water partition coefficient (Wildman–Crippen LogP) is 2.38. The Labute approximate surface area is 113 Å². The highest BCUT2D eigenvalue weighted by Crippen LogP contribution is 2.20. The number of nitrogens with zero attached hydrogens (tertiary/aromatic N) is 1. The van der Waals surface area contributed by atoms with E-state index in [1.165, 1.54) is 11.1 Å². The zero-order chi connectivity index (χ0) is 13.7. The average Bonchev–Trinajstić information content (AvgIpc) is 2.91. The normalized spacial score (nSPS) is 10.9. The molecule has 0 spiro atoms. The van der Waals surface area contributed by atoms with Crippen molar-refractivity contribution >= 4 is 0 Å². The van der Waals surface area contributed by atoms with Gasteiger partial charge in [0.1, 0.15) is 5.75 Å². The number of methoxy groups -OCH3 is 1. The quantitative estimate of drug-likeness (QED) is 0.866. The first kappa shape index (κ1) is 13.6. The molecule has 2 N–H and O–H groups in total. The molecule has 1 aromatic carbocycles. The van der Waals surface area contributed by atoms with Crippen LogP contribution < -0.4 is 10.5 Å². The summed E-state index contributed by atoms with van der Waals surface area (Å²) in [5, 5.41) is 0. The molecule has 19 heavy (non-hydrogen) atoms. The molecule has 0 aliphatic carbocycles. The molecule has 4 heteroatoms. The van der Waals surface area contributed by atoms with Crippen LogP contribution in [0.15, 0.2) is 41.2 Å². The van der Waals surface area contributed by atoms with Crippen LogP contribution in [-0.2, 0) is 19.6 Å². The third-order valence-electron chi connectivity index (χ3n) is 3.06. The van der Waals surface area contributed by atoms with Crippen molar-refractivity contribution in [2.45, 2.75) is 19.6 Å². The summed E-state index contributed by atoms with van der Waals surface area (Å²) in [5.74, 6) is 0.858. The predicted molar refractivity (Wildman–Crippen MR) is 74.8 cm³/mol. The molecule has 0 unspecified atom stereocenters. The fourth-order valence-electron chi connectivity index (χ4n) is 2.12. The summed E-state index contributed by atoms with van der Waals surface area (Å²) in [6.45, 7) is 2.21. The van der Waals surface area contributed by atoms with E-state index in [1.54, 1.807) is 19.6 Å². The Morgan fingerprint density at radius 2 is 2.00 bits per heavy atom. The highest BCUT2D eigenvalue weighted by molar-refractivity contribution is 5.37. The van der Waals surface area contributed by atoms with E-state index >= 15 is 0 Å². The zero-order valence-corrected chi connectivity index (χ0v) is 11.4. The average molecular weight is 260 g/mol. The Balaban J connectivity index is 2.02. The first-order chi connectivity index (χ1) is 9.22. The smallest absolute Gasteiger partial charge is 0.123 e. The van der Waals surface area contributed by atoms with Gasteiger partial charge in [-0.3, -0.25) is 4.90 Å². The largest absolute Gasteiger partial charge is 0.496 e. The highest BCUT2D eigenvalue weighted by atomic mass is 16.5. The number of hydrogen-bond acceptors (Lipinski definition) is 4. The molecular weight excluding hydrogens is 240 g/mol. The van der Waals surface area contributed by atoms with Gasteiger partial charge in [0.15, 0.2) is 0 Å². The van der Waals surface area contributed by atoms with Crippen LogP contribution in [0.5, 0.6) is 5.75 Å². The van der Waals surface area contributed by atoms with Crippen molar-refractivity contribution in [3.05, 3.63) is 53.5 Å². The molecule has 4 nitrogen and oxygen atoms in total. The molecule has 0 aliphatic rings. The maximum atomic E-state index is 5.67. The van der Waals surface area contributed by atoms with Crippen LogP contribution in [0.2, 0.25) is 0 Å². The SMILES string of the molecule is COc1cc(CN(C)Cc2ccoc2)ccc1CN. The number of furan rings is 1. The minimum Gasteiger partial charge on any atom is -0.496 e. The molecule has 2 aromatic rings. The number of ether oxygens (including phenoxy) is 1. The minimum absolute atomic E-state index is 0.494. The molecule has 1 aromatic heterocycles. The lowest BCUT2D eigenvalue weighted by Crippen LogP contribution is -2.17.